The number of pyridine rings is 1. The standard InChI is InChI=1S/C29H31FN2O4/c1-16-20(12-25(35-4)27(33)28(16)36-5)11-23-17(2)26(24-13-21(30)8-9-22(23)24)18(3)29(34)32-15-19-7-6-10-31-14-19/h6-14,16,18,26,28H,15H2,1-5H3,(H,32,34)/b20-11+. The maximum Gasteiger partial charge on any atom is 0.226 e. The Kier molecular flexibility index (Phi) is 7.50. The van der Waals surface area contributed by atoms with Crippen LogP contribution in [-0.4, -0.2) is 37.0 Å². The van der Waals surface area contributed by atoms with Crippen molar-refractivity contribution in [1.29, 1.82) is 0 Å². The molecule has 4 atom stereocenters. The molecule has 2 aliphatic carbocycles. The highest BCUT2D eigenvalue weighted by Gasteiger charge is 2.38. The molecule has 4 unspecified atom stereocenters. The molecule has 1 aromatic carbocycles. The fourth-order valence-corrected chi connectivity index (χ4v) is 5.20. The molecule has 2 aliphatic rings. The number of nitrogens with zero attached hydrogens (tertiary/aromatic N) is 1. The van der Waals surface area contributed by atoms with Gasteiger partial charge in [-0.3, -0.25) is 14.6 Å². The number of Topliss-reactive ketones (excluding diaryl/α,β-unsaturated/α-hetero) is 1. The molecule has 0 saturated heterocycles. The first kappa shape index (κ1) is 25.5. The topological polar surface area (TPSA) is 77.5 Å². The Hall–Kier alpha value is -3.58. The van der Waals surface area contributed by atoms with Crippen LogP contribution in [0.5, 0.6) is 0 Å². The van der Waals surface area contributed by atoms with Gasteiger partial charge in [0, 0.05) is 43.8 Å². The largest absolute Gasteiger partial charge is 0.493 e. The van der Waals surface area contributed by atoms with Gasteiger partial charge in [-0.25, -0.2) is 4.39 Å². The van der Waals surface area contributed by atoms with Crippen molar-refractivity contribution in [3.8, 4) is 0 Å². The summed E-state index contributed by atoms with van der Waals surface area (Å²) >= 11 is 0. The normalized spacial score (nSPS) is 23.4. The summed E-state index contributed by atoms with van der Waals surface area (Å²) in [5.41, 5.74) is 5.32. The summed E-state index contributed by atoms with van der Waals surface area (Å²) in [6.07, 6.45) is 6.49. The van der Waals surface area contributed by atoms with Crippen LogP contribution in [0, 0.1) is 17.7 Å². The molecule has 1 aromatic heterocycles. The first-order valence-electron chi connectivity index (χ1n) is 12.0. The molecule has 0 fully saturated rings. The number of carbonyl (C=O) groups excluding carboxylic acids is 2. The van der Waals surface area contributed by atoms with Crippen LogP contribution in [0.1, 0.15) is 43.4 Å². The van der Waals surface area contributed by atoms with Gasteiger partial charge in [-0.2, -0.15) is 0 Å². The molecule has 0 aliphatic heterocycles. The van der Waals surface area contributed by atoms with Crippen LogP contribution in [0.25, 0.3) is 5.57 Å². The Morgan fingerprint density at radius 3 is 2.72 bits per heavy atom. The molecule has 4 rings (SSSR count). The van der Waals surface area contributed by atoms with Gasteiger partial charge in [-0.05, 0) is 59.0 Å². The molecular formula is C29H31FN2O4. The third kappa shape index (κ3) is 4.75. The number of hydrogen-bond donors (Lipinski definition) is 1. The van der Waals surface area contributed by atoms with Gasteiger partial charge < -0.3 is 14.8 Å². The molecule has 2 aromatic rings. The van der Waals surface area contributed by atoms with Crippen molar-refractivity contribution in [3.05, 3.63) is 94.3 Å². The predicted molar refractivity (Wildman–Crippen MR) is 135 cm³/mol. The summed E-state index contributed by atoms with van der Waals surface area (Å²) in [5, 5.41) is 2.99. The number of ketones is 1. The van der Waals surface area contributed by atoms with E-state index in [-0.39, 0.29) is 35.1 Å². The molecule has 0 saturated carbocycles. The summed E-state index contributed by atoms with van der Waals surface area (Å²) in [6.45, 7) is 6.15. The van der Waals surface area contributed by atoms with Crippen LogP contribution in [0.4, 0.5) is 4.39 Å². The van der Waals surface area contributed by atoms with Gasteiger partial charge >= 0.3 is 0 Å². The third-order valence-corrected chi connectivity index (χ3v) is 7.20. The monoisotopic (exact) mass is 490 g/mol. The van der Waals surface area contributed by atoms with Gasteiger partial charge in [0.05, 0.1) is 7.11 Å². The molecule has 6 nitrogen and oxygen atoms in total. The van der Waals surface area contributed by atoms with E-state index in [1.807, 2.05) is 39.0 Å². The van der Waals surface area contributed by atoms with E-state index in [1.54, 1.807) is 24.5 Å². The number of amides is 1. The molecular weight excluding hydrogens is 459 g/mol. The first-order valence-corrected chi connectivity index (χ1v) is 12.0. The molecule has 1 heterocycles. The van der Waals surface area contributed by atoms with Crippen LogP contribution >= 0.6 is 0 Å². The molecule has 36 heavy (non-hydrogen) atoms. The van der Waals surface area contributed by atoms with Crippen LogP contribution < -0.4 is 5.32 Å². The molecule has 0 bridgehead atoms. The van der Waals surface area contributed by atoms with E-state index in [0.717, 1.165) is 33.4 Å². The maximum absolute atomic E-state index is 14.4. The zero-order valence-electron chi connectivity index (χ0n) is 21.2. The Morgan fingerprint density at radius 1 is 1.28 bits per heavy atom. The van der Waals surface area contributed by atoms with E-state index in [1.165, 1.54) is 26.4 Å². The number of rotatable bonds is 7. The lowest BCUT2D eigenvalue weighted by Gasteiger charge is -2.28. The lowest BCUT2D eigenvalue weighted by Crippen LogP contribution is -2.36. The lowest BCUT2D eigenvalue weighted by atomic mass is 9.83. The highest BCUT2D eigenvalue weighted by atomic mass is 19.1. The number of benzene rings is 1. The van der Waals surface area contributed by atoms with Gasteiger partial charge in [-0.1, -0.05) is 37.6 Å². The van der Waals surface area contributed by atoms with Crippen LogP contribution in [0.2, 0.25) is 0 Å². The van der Waals surface area contributed by atoms with Crippen molar-refractivity contribution in [2.45, 2.75) is 39.3 Å². The Labute approximate surface area is 210 Å². The van der Waals surface area contributed by atoms with Crippen molar-refractivity contribution in [2.24, 2.45) is 11.8 Å². The minimum absolute atomic E-state index is 0.120. The Bertz CT molecular complexity index is 1270. The number of fused-ring (bicyclic) bond motifs is 1. The van der Waals surface area contributed by atoms with E-state index < -0.39 is 12.0 Å². The maximum atomic E-state index is 14.4. The van der Waals surface area contributed by atoms with Crippen LogP contribution in [0.3, 0.4) is 0 Å². The van der Waals surface area contributed by atoms with E-state index in [4.69, 9.17) is 9.47 Å². The number of allylic oxidation sites excluding steroid dienone is 4. The zero-order chi connectivity index (χ0) is 26.0. The van der Waals surface area contributed by atoms with Gasteiger partial charge in [0.2, 0.25) is 11.7 Å². The second-order valence-corrected chi connectivity index (χ2v) is 9.34. The highest BCUT2D eigenvalue weighted by molar-refractivity contribution is 6.00. The molecule has 0 spiro atoms. The lowest BCUT2D eigenvalue weighted by molar-refractivity contribution is -0.130. The minimum atomic E-state index is -0.654. The van der Waals surface area contributed by atoms with Gasteiger partial charge in [-0.15, -0.1) is 0 Å². The zero-order valence-corrected chi connectivity index (χ0v) is 21.2. The van der Waals surface area contributed by atoms with E-state index in [2.05, 4.69) is 10.3 Å². The van der Waals surface area contributed by atoms with Crippen LogP contribution in [-0.2, 0) is 25.6 Å². The van der Waals surface area contributed by atoms with E-state index >= 15 is 0 Å². The van der Waals surface area contributed by atoms with Crippen molar-refractivity contribution in [1.82, 2.24) is 10.3 Å². The Balaban J connectivity index is 1.71. The summed E-state index contributed by atoms with van der Waals surface area (Å²) < 4.78 is 25.1. The van der Waals surface area contributed by atoms with Gasteiger partial charge in [0.25, 0.3) is 0 Å². The molecule has 1 amide bonds. The molecule has 1 N–H and O–H groups in total. The average molecular weight is 491 g/mol. The van der Waals surface area contributed by atoms with Crippen molar-refractivity contribution < 1.29 is 23.5 Å². The van der Waals surface area contributed by atoms with Crippen molar-refractivity contribution in [3.63, 3.8) is 0 Å². The SMILES string of the molecule is COC1=C/C(=C\C2=C(C)C(C(C)C(=O)NCc3cccnc3)c3cc(F)ccc32)C(C)C(OC)C1=O. The summed E-state index contributed by atoms with van der Waals surface area (Å²) in [5.74, 6) is -1.35. The predicted octanol–water partition coefficient (Wildman–Crippen LogP) is 4.73. The number of ether oxygens (including phenoxy) is 2. The summed E-state index contributed by atoms with van der Waals surface area (Å²) in [7, 11) is 2.97. The van der Waals surface area contributed by atoms with E-state index in [0.29, 0.717) is 6.54 Å². The summed E-state index contributed by atoms with van der Waals surface area (Å²) in [6, 6.07) is 8.43. The van der Waals surface area contributed by atoms with E-state index in [9.17, 15) is 14.0 Å². The molecule has 0 radical (unpaired) electrons. The summed E-state index contributed by atoms with van der Waals surface area (Å²) in [4.78, 5) is 29.8. The number of aromatic nitrogens is 1. The van der Waals surface area contributed by atoms with Crippen molar-refractivity contribution >= 4 is 17.3 Å². The molecule has 188 valence electrons. The van der Waals surface area contributed by atoms with Gasteiger partial charge in [0.15, 0.2) is 5.76 Å². The highest BCUT2D eigenvalue weighted by Crippen LogP contribution is 2.47. The fraction of sp³-hybridized carbons (Fsp3) is 0.345. The van der Waals surface area contributed by atoms with Gasteiger partial charge in [0.1, 0.15) is 11.9 Å². The smallest absolute Gasteiger partial charge is 0.226 e. The quantitative estimate of drug-likeness (QED) is 0.607. The number of methoxy groups -OCH3 is 2. The number of halogens is 1. The Morgan fingerprint density at radius 2 is 2.06 bits per heavy atom. The first-order chi connectivity index (χ1) is 17.3. The average Bonchev–Trinajstić information content (AvgIpc) is 3.14. The minimum Gasteiger partial charge on any atom is -0.493 e. The van der Waals surface area contributed by atoms with Crippen molar-refractivity contribution in [2.75, 3.05) is 14.2 Å². The molecule has 7 heteroatoms. The number of carbonyl (C=O) groups is 2. The second-order valence-electron chi connectivity index (χ2n) is 9.34. The second kappa shape index (κ2) is 10.6. The number of nitrogens with one attached hydrogen (secondary N) is 1. The fourth-order valence-electron chi connectivity index (χ4n) is 5.20. The number of hydrogen-bond acceptors (Lipinski definition) is 5. The van der Waals surface area contributed by atoms with Crippen LogP contribution in [0.15, 0.2) is 71.8 Å². The third-order valence-electron chi connectivity index (χ3n) is 7.20.